The van der Waals surface area contributed by atoms with Crippen LogP contribution in [0.1, 0.15) is 19.8 Å². The van der Waals surface area contributed by atoms with Crippen LogP contribution < -0.4 is 0 Å². The van der Waals surface area contributed by atoms with Gasteiger partial charge in [0.2, 0.25) is 5.88 Å². The first-order valence-electron chi connectivity index (χ1n) is 3.84. The van der Waals surface area contributed by atoms with E-state index in [1.807, 2.05) is 12.3 Å². The van der Waals surface area contributed by atoms with Crippen molar-refractivity contribution in [1.29, 1.82) is 0 Å². The normalized spacial score (nSPS) is 20.2. The highest BCUT2D eigenvalue weighted by Crippen LogP contribution is 2.11. The van der Waals surface area contributed by atoms with Crippen molar-refractivity contribution in [3.8, 4) is 0 Å². The van der Waals surface area contributed by atoms with Gasteiger partial charge in [-0.25, -0.2) is 4.99 Å². The predicted molar refractivity (Wildman–Crippen MR) is 46.6 cm³/mol. The van der Waals surface area contributed by atoms with Gasteiger partial charge in [-0.15, -0.1) is 0 Å². The van der Waals surface area contributed by atoms with E-state index >= 15 is 0 Å². The first-order valence-corrected chi connectivity index (χ1v) is 3.84. The zero-order valence-corrected chi connectivity index (χ0v) is 7.00. The highest BCUT2D eigenvalue weighted by Gasteiger charge is 2.00. The zero-order chi connectivity index (χ0) is 8.10. The first kappa shape index (κ1) is 8.05. The number of rotatable bonds is 2. The van der Waals surface area contributed by atoms with E-state index < -0.39 is 0 Å². The van der Waals surface area contributed by atoms with Crippen molar-refractivity contribution < 1.29 is 4.74 Å². The molecule has 0 amide bonds. The minimum Gasteiger partial charge on any atom is -0.481 e. The number of hydrogen-bond acceptors (Lipinski definition) is 2. The second kappa shape index (κ2) is 3.96. The third-order valence-electron chi connectivity index (χ3n) is 1.55. The molecule has 0 atom stereocenters. The number of aliphatic imine (C=N–C) groups is 1. The molecule has 0 bridgehead atoms. The number of ether oxygens (including phenoxy) is 1. The Kier molecular flexibility index (Phi) is 2.90. The van der Waals surface area contributed by atoms with Crippen LogP contribution in [-0.4, -0.2) is 13.3 Å². The Hall–Kier alpha value is -1.05. The van der Waals surface area contributed by atoms with Gasteiger partial charge in [-0.1, -0.05) is 13.0 Å². The first-order chi connectivity index (χ1) is 5.36. The van der Waals surface area contributed by atoms with E-state index in [1.54, 1.807) is 7.11 Å². The Morgan fingerprint density at radius 1 is 1.73 bits per heavy atom. The minimum absolute atomic E-state index is 0.721. The molecule has 0 aliphatic carbocycles. The zero-order valence-electron chi connectivity index (χ0n) is 7.00. The quantitative estimate of drug-likeness (QED) is 0.593. The van der Waals surface area contributed by atoms with E-state index in [2.05, 4.69) is 18.0 Å². The molecule has 1 heterocycles. The van der Waals surface area contributed by atoms with Gasteiger partial charge in [-0.3, -0.25) is 0 Å². The largest absolute Gasteiger partial charge is 0.481 e. The molecular formula is C9H13NO. The maximum Gasteiger partial charge on any atom is 0.209 e. The number of methoxy groups -OCH3 is 1. The molecule has 1 aliphatic heterocycles. The summed E-state index contributed by atoms with van der Waals surface area (Å²) in [6.07, 6.45) is 8.04. The fraction of sp³-hybridized carbons (Fsp3) is 0.444. The summed E-state index contributed by atoms with van der Waals surface area (Å²) in [7, 11) is 1.64. The maximum atomic E-state index is 4.95. The van der Waals surface area contributed by atoms with Crippen LogP contribution in [0.15, 0.2) is 28.6 Å². The molecule has 1 rings (SSSR count). The summed E-state index contributed by atoms with van der Waals surface area (Å²) in [6.45, 7) is 2.12. The highest BCUT2D eigenvalue weighted by atomic mass is 16.5. The maximum absolute atomic E-state index is 4.95. The fourth-order valence-electron chi connectivity index (χ4n) is 0.991. The summed E-state index contributed by atoms with van der Waals surface area (Å²) < 4.78 is 4.95. The second-order valence-corrected chi connectivity index (χ2v) is 2.40. The average molecular weight is 151 g/mol. The molecule has 11 heavy (non-hydrogen) atoms. The third-order valence-corrected chi connectivity index (χ3v) is 1.55. The second-order valence-electron chi connectivity index (χ2n) is 2.40. The van der Waals surface area contributed by atoms with Crippen LogP contribution in [0.2, 0.25) is 0 Å². The summed E-state index contributed by atoms with van der Waals surface area (Å²) in [4.78, 5) is 4.09. The molecule has 0 unspecified atom stereocenters. The minimum atomic E-state index is 0.721. The van der Waals surface area contributed by atoms with Gasteiger partial charge in [-0.05, 0) is 24.5 Å². The number of hydrogen-bond donors (Lipinski definition) is 0. The van der Waals surface area contributed by atoms with Gasteiger partial charge in [0.15, 0.2) is 0 Å². The predicted octanol–water partition coefficient (Wildman–Crippen LogP) is 2.29. The summed E-state index contributed by atoms with van der Waals surface area (Å²) in [6, 6.07) is 0. The summed E-state index contributed by atoms with van der Waals surface area (Å²) in [5.41, 5.74) is 1.27. The van der Waals surface area contributed by atoms with Crippen molar-refractivity contribution >= 4 is 6.21 Å². The molecule has 1 aliphatic rings. The Bertz CT molecular complexity index is 214. The van der Waals surface area contributed by atoms with Crippen LogP contribution in [-0.2, 0) is 4.74 Å². The molecule has 0 N–H and O–H groups in total. The Morgan fingerprint density at radius 3 is 3.00 bits per heavy atom. The summed E-state index contributed by atoms with van der Waals surface area (Å²) in [5, 5.41) is 0. The number of nitrogens with zero attached hydrogens (tertiary/aromatic N) is 1. The van der Waals surface area contributed by atoms with E-state index in [4.69, 9.17) is 4.74 Å². The Morgan fingerprint density at radius 2 is 2.55 bits per heavy atom. The van der Waals surface area contributed by atoms with Gasteiger partial charge in [0.05, 0.1) is 7.11 Å². The molecule has 0 fully saturated rings. The lowest BCUT2D eigenvalue weighted by Crippen LogP contribution is -1.94. The lowest BCUT2D eigenvalue weighted by molar-refractivity contribution is 0.286. The smallest absolute Gasteiger partial charge is 0.209 e. The Labute approximate surface area is 67.3 Å². The third kappa shape index (κ3) is 2.22. The number of allylic oxidation sites excluding steroid dienone is 3. The van der Waals surface area contributed by atoms with Crippen molar-refractivity contribution in [3.63, 3.8) is 0 Å². The van der Waals surface area contributed by atoms with E-state index in [9.17, 15) is 0 Å². The van der Waals surface area contributed by atoms with Gasteiger partial charge < -0.3 is 4.74 Å². The van der Waals surface area contributed by atoms with E-state index in [-0.39, 0.29) is 0 Å². The van der Waals surface area contributed by atoms with Crippen molar-refractivity contribution in [1.82, 2.24) is 0 Å². The van der Waals surface area contributed by atoms with Crippen LogP contribution in [0.25, 0.3) is 0 Å². The highest BCUT2D eigenvalue weighted by molar-refractivity contribution is 5.80. The van der Waals surface area contributed by atoms with Crippen LogP contribution >= 0.6 is 0 Å². The Balaban J connectivity index is 2.57. The molecule has 0 aromatic carbocycles. The monoisotopic (exact) mass is 151 g/mol. The lowest BCUT2D eigenvalue weighted by atomic mass is 10.1. The van der Waals surface area contributed by atoms with Crippen LogP contribution in [0.3, 0.4) is 0 Å². The van der Waals surface area contributed by atoms with Gasteiger partial charge in [-0.2, -0.15) is 0 Å². The average Bonchev–Trinajstić information content (AvgIpc) is 2.07. The molecule has 0 saturated heterocycles. The standard InChI is InChI=1S/C9H13NO/c1-3-4-8-5-6-9(11-2)10-7-8/h4,6-7H,3,5H2,1-2H3. The van der Waals surface area contributed by atoms with Crippen LogP contribution in [0.4, 0.5) is 0 Å². The molecule has 0 radical (unpaired) electrons. The summed E-state index contributed by atoms with van der Waals surface area (Å²) in [5.74, 6) is 0.721. The topological polar surface area (TPSA) is 21.6 Å². The molecule has 0 aromatic rings. The van der Waals surface area contributed by atoms with Gasteiger partial charge >= 0.3 is 0 Å². The molecule has 0 saturated carbocycles. The molecule has 2 nitrogen and oxygen atoms in total. The molecule has 0 aromatic heterocycles. The van der Waals surface area contributed by atoms with Gasteiger partial charge in [0, 0.05) is 6.21 Å². The molecule has 0 spiro atoms. The lowest BCUT2D eigenvalue weighted by Gasteiger charge is -2.06. The van der Waals surface area contributed by atoms with Gasteiger partial charge in [0.25, 0.3) is 0 Å². The SMILES string of the molecule is CCC=C1C=NC(OC)=CC1. The van der Waals surface area contributed by atoms with E-state index in [0.29, 0.717) is 0 Å². The van der Waals surface area contributed by atoms with E-state index in [0.717, 1.165) is 18.7 Å². The van der Waals surface area contributed by atoms with Crippen molar-refractivity contribution in [2.24, 2.45) is 4.99 Å². The molecule has 60 valence electrons. The van der Waals surface area contributed by atoms with Gasteiger partial charge in [0.1, 0.15) is 0 Å². The van der Waals surface area contributed by atoms with Crippen molar-refractivity contribution in [2.45, 2.75) is 19.8 Å². The fourth-order valence-corrected chi connectivity index (χ4v) is 0.991. The molecular weight excluding hydrogens is 138 g/mol. The van der Waals surface area contributed by atoms with Crippen LogP contribution in [0, 0.1) is 0 Å². The van der Waals surface area contributed by atoms with Crippen molar-refractivity contribution in [2.75, 3.05) is 7.11 Å². The van der Waals surface area contributed by atoms with Crippen LogP contribution in [0.5, 0.6) is 0 Å². The van der Waals surface area contributed by atoms with E-state index in [1.165, 1.54) is 5.57 Å². The summed E-state index contributed by atoms with van der Waals surface area (Å²) >= 11 is 0. The molecule has 2 heteroatoms. The van der Waals surface area contributed by atoms with Crippen molar-refractivity contribution in [3.05, 3.63) is 23.6 Å².